The molecule has 1 rings (SSSR count). The minimum atomic E-state index is 0.210. The fraction of sp³-hybridized carbons (Fsp3) is 1.00. The van der Waals surface area contributed by atoms with Gasteiger partial charge >= 0.3 is 0 Å². The molecule has 1 saturated carbocycles. The van der Waals surface area contributed by atoms with Crippen molar-refractivity contribution in [1.29, 1.82) is 0 Å². The summed E-state index contributed by atoms with van der Waals surface area (Å²) in [6.07, 6.45) is 6.77. The first-order valence-corrected chi connectivity index (χ1v) is 5.34. The van der Waals surface area contributed by atoms with Gasteiger partial charge in [-0.2, -0.15) is 0 Å². The van der Waals surface area contributed by atoms with E-state index >= 15 is 0 Å². The summed E-state index contributed by atoms with van der Waals surface area (Å²) in [4.78, 5) is 4.83. The second-order valence-electron chi connectivity index (χ2n) is 5.32. The lowest BCUT2D eigenvalue weighted by Gasteiger charge is -2.46. The zero-order valence-electron chi connectivity index (χ0n) is 9.23. The van der Waals surface area contributed by atoms with Gasteiger partial charge in [0.15, 0.2) is 0 Å². The monoisotopic (exact) mass is 185 g/mol. The Kier molecular flexibility index (Phi) is 3.36. The molecule has 0 unspecified atom stereocenters. The van der Waals surface area contributed by atoms with Crippen molar-refractivity contribution >= 4 is 0 Å². The molecule has 0 radical (unpaired) electrons. The molecule has 0 aromatic rings. The fourth-order valence-electron chi connectivity index (χ4n) is 2.39. The van der Waals surface area contributed by atoms with Gasteiger partial charge in [-0.15, -0.1) is 0 Å². The van der Waals surface area contributed by atoms with Crippen molar-refractivity contribution in [3.8, 4) is 0 Å². The van der Waals surface area contributed by atoms with E-state index in [1.54, 1.807) is 0 Å². The van der Waals surface area contributed by atoms with Crippen molar-refractivity contribution in [2.45, 2.75) is 52.9 Å². The van der Waals surface area contributed by atoms with Crippen molar-refractivity contribution in [3.05, 3.63) is 0 Å². The Balaban J connectivity index is 2.64. The molecule has 13 heavy (non-hydrogen) atoms. The van der Waals surface area contributed by atoms with Crippen LogP contribution in [0.2, 0.25) is 0 Å². The molecule has 0 aliphatic heterocycles. The molecule has 0 spiro atoms. The van der Waals surface area contributed by atoms with E-state index in [1.165, 1.54) is 32.1 Å². The lowest BCUT2D eigenvalue weighted by Crippen LogP contribution is -2.41. The Labute approximate surface area is 81.8 Å². The molecule has 0 atom stereocenters. The molecule has 0 saturated heterocycles. The zero-order chi connectivity index (χ0) is 9.95. The van der Waals surface area contributed by atoms with Crippen LogP contribution in [0, 0.1) is 10.8 Å². The van der Waals surface area contributed by atoms with Crippen LogP contribution in [0.4, 0.5) is 0 Å². The average Bonchev–Trinajstić information content (AvgIpc) is 2.05. The first-order valence-electron chi connectivity index (χ1n) is 5.34. The maximum Gasteiger partial charge on any atom is 0.0735 e. The van der Waals surface area contributed by atoms with Crippen molar-refractivity contribution in [2.75, 3.05) is 6.61 Å². The average molecular weight is 185 g/mol. The van der Waals surface area contributed by atoms with Crippen LogP contribution < -0.4 is 5.90 Å². The zero-order valence-corrected chi connectivity index (χ0v) is 9.23. The van der Waals surface area contributed by atoms with Gasteiger partial charge < -0.3 is 4.84 Å². The molecule has 2 heteroatoms. The summed E-state index contributed by atoms with van der Waals surface area (Å²) in [6, 6.07) is 0. The molecule has 1 aliphatic rings. The molecule has 2 N–H and O–H groups in total. The Bertz CT molecular complexity index is 159. The van der Waals surface area contributed by atoms with E-state index in [4.69, 9.17) is 10.7 Å². The van der Waals surface area contributed by atoms with Crippen LogP contribution in [-0.4, -0.2) is 6.61 Å². The van der Waals surface area contributed by atoms with Crippen LogP contribution in [0.1, 0.15) is 52.9 Å². The summed E-state index contributed by atoms with van der Waals surface area (Å²) in [5, 5.41) is 0. The highest BCUT2D eigenvalue weighted by atomic mass is 16.6. The normalized spacial score (nSPS) is 23.1. The first kappa shape index (κ1) is 11.0. The third-order valence-corrected chi connectivity index (χ3v) is 4.04. The summed E-state index contributed by atoms with van der Waals surface area (Å²) in [7, 11) is 0. The largest absolute Gasteiger partial charge is 0.304 e. The molecule has 0 aromatic carbocycles. The smallest absolute Gasteiger partial charge is 0.0735 e. The molecule has 0 heterocycles. The van der Waals surface area contributed by atoms with Gasteiger partial charge in [0, 0.05) is 0 Å². The van der Waals surface area contributed by atoms with Crippen LogP contribution >= 0.6 is 0 Å². The van der Waals surface area contributed by atoms with Gasteiger partial charge in [0.2, 0.25) is 0 Å². The molecular formula is C11H23NO. The topological polar surface area (TPSA) is 35.2 Å². The summed E-state index contributed by atoms with van der Waals surface area (Å²) in [6.45, 7) is 7.59. The highest BCUT2D eigenvalue weighted by molar-refractivity contribution is 4.91. The highest BCUT2D eigenvalue weighted by Gasteiger charge is 2.41. The van der Waals surface area contributed by atoms with Gasteiger partial charge in [-0.25, -0.2) is 5.90 Å². The molecule has 0 bridgehead atoms. The number of hydrogen-bond acceptors (Lipinski definition) is 2. The molecular weight excluding hydrogens is 162 g/mol. The third kappa shape index (κ3) is 2.23. The summed E-state index contributed by atoms with van der Waals surface area (Å²) >= 11 is 0. The van der Waals surface area contributed by atoms with E-state index in [9.17, 15) is 0 Å². The molecule has 2 nitrogen and oxygen atoms in total. The predicted octanol–water partition coefficient (Wildman–Crippen LogP) is 2.87. The first-order chi connectivity index (χ1) is 6.02. The molecule has 0 amide bonds. The van der Waals surface area contributed by atoms with Gasteiger partial charge in [0.05, 0.1) is 6.61 Å². The number of nitrogens with two attached hydrogens (primary N) is 1. The molecule has 1 fully saturated rings. The number of rotatable bonds is 3. The molecule has 0 aromatic heterocycles. The van der Waals surface area contributed by atoms with E-state index < -0.39 is 0 Å². The molecule has 78 valence electrons. The van der Waals surface area contributed by atoms with E-state index in [-0.39, 0.29) is 5.41 Å². The van der Waals surface area contributed by atoms with Crippen LogP contribution in [0.5, 0.6) is 0 Å². The SMILES string of the molecule is CC(C)(CON)C1(C)CCCCC1. The number of hydrogen-bond donors (Lipinski definition) is 1. The lowest BCUT2D eigenvalue weighted by molar-refractivity contribution is -0.0377. The summed E-state index contributed by atoms with van der Waals surface area (Å²) in [5.41, 5.74) is 0.632. The second-order valence-corrected chi connectivity index (χ2v) is 5.32. The Morgan fingerprint density at radius 3 is 2.23 bits per heavy atom. The minimum absolute atomic E-state index is 0.210. The van der Waals surface area contributed by atoms with Crippen LogP contribution in [0.25, 0.3) is 0 Å². The van der Waals surface area contributed by atoms with E-state index in [2.05, 4.69) is 20.8 Å². The van der Waals surface area contributed by atoms with Crippen LogP contribution in [0.3, 0.4) is 0 Å². The van der Waals surface area contributed by atoms with Gasteiger partial charge in [-0.3, -0.25) is 0 Å². The maximum absolute atomic E-state index is 5.18. The third-order valence-electron chi connectivity index (χ3n) is 4.04. The van der Waals surface area contributed by atoms with Crippen molar-refractivity contribution in [1.82, 2.24) is 0 Å². The standard InChI is InChI=1S/C11H23NO/c1-10(2,9-13-12)11(3)7-5-4-6-8-11/h4-9,12H2,1-3H3. The lowest BCUT2D eigenvalue weighted by atomic mass is 9.60. The Morgan fingerprint density at radius 1 is 1.23 bits per heavy atom. The van der Waals surface area contributed by atoms with Gasteiger partial charge in [-0.05, 0) is 23.7 Å². The summed E-state index contributed by atoms with van der Waals surface area (Å²) < 4.78 is 0. The van der Waals surface area contributed by atoms with Crippen LogP contribution in [-0.2, 0) is 4.84 Å². The highest BCUT2D eigenvalue weighted by Crippen LogP contribution is 2.49. The van der Waals surface area contributed by atoms with Gasteiger partial charge in [0.1, 0.15) is 0 Å². The van der Waals surface area contributed by atoms with E-state index in [1.807, 2.05) is 0 Å². The summed E-state index contributed by atoms with van der Waals surface area (Å²) in [5.74, 6) is 5.18. The fourth-order valence-corrected chi connectivity index (χ4v) is 2.39. The molecule has 1 aliphatic carbocycles. The second kappa shape index (κ2) is 3.97. The maximum atomic E-state index is 5.18. The van der Waals surface area contributed by atoms with E-state index in [0.29, 0.717) is 12.0 Å². The minimum Gasteiger partial charge on any atom is -0.304 e. The van der Waals surface area contributed by atoms with Gasteiger partial charge in [0.25, 0.3) is 0 Å². The van der Waals surface area contributed by atoms with Crippen LogP contribution in [0.15, 0.2) is 0 Å². The van der Waals surface area contributed by atoms with Crippen molar-refractivity contribution in [3.63, 3.8) is 0 Å². The van der Waals surface area contributed by atoms with Gasteiger partial charge in [-0.1, -0.05) is 40.0 Å². The quantitative estimate of drug-likeness (QED) is 0.686. The Hall–Kier alpha value is -0.0800. The van der Waals surface area contributed by atoms with E-state index in [0.717, 1.165) is 0 Å². The van der Waals surface area contributed by atoms with Crippen molar-refractivity contribution in [2.24, 2.45) is 16.7 Å². The van der Waals surface area contributed by atoms with Crippen molar-refractivity contribution < 1.29 is 4.84 Å². The predicted molar refractivity (Wildman–Crippen MR) is 55.1 cm³/mol. The Morgan fingerprint density at radius 2 is 1.77 bits per heavy atom.